The minimum atomic E-state index is -0.443. The lowest BCUT2D eigenvalue weighted by molar-refractivity contribution is 0.0736. The summed E-state index contributed by atoms with van der Waals surface area (Å²) < 4.78 is 14.8. The number of rotatable bonds is 2. The standard InChI is InChI=1S/C15H15ClFN3O/c1-19-9-10(8-18-19)14-3-2-6-20(14)15(21)12-5-4-11(17)7-13(12)16/h4-5,7-9,14H,2-3,6H2,1H3/t14-/m0/s1. The Morgan fingerprint density at radius 1 is 1.48 bits per heavy atom. The highest BCUT2D eigenvalue weighted by Crippen LogP contribution is 2.33. The Balaban J connectivity index is 1.89. The Kier molecular flexibility index (Phi) is 3.68. The topological polar surface area (TPSA) is 38.1 Å². The summed E-state index contributed by atoms with van der Waals surface area (Å²) >= 11 is 6.00. The molecule has 1 saturated heterocycles. The third-order valence-corrected chi connectivity index (χ3v) is 4.10. The van der Waals surface area contributed by atoms with Crippen LogP contribution in [0.5, 0.6) is 0 Å². The van der Waals surface area contributed by atoms with Gasteiger partial charge in [-0.3, -0.25) is 9.48 Å². The molecular weight excluding hydrogens is 293 g/mol. The van der Waals surface area contributed by atoms with Crippen molar-refractivity contribution in [2.24, 2.45) is 7.05 Å². The van der Waals surface area contributed by atoms with Crippen molar-refractivity contribution in [1.29, 1.82) is 0 Å². The molecule has 110 valence electrons. The van der Waals surface area contributed by atoms with Crippen LogP contribution < -0.4 is 0 Å². The number of nitrogens with zero attached hydrogens (tertiary/aromatic N) is 3. The molecule has 21 heavy (non-hydrogen) atoms. The molecule has 1 atom stereocenters. The summed E-state index contributed by atoms with van der Waals surface area (Å²) in [5.74, 6) is -0.604. The van der Waals surface area contributed by atoms with E-state index in [2.05, 4.69) is 5.10 Å². The fourth-order valence-electron chi connectivity index (χ4n) is 2.79. The highest BCUT2D eigenvalue weighted by Gasteiger charge is 2.32. The van der Waals surface area contributed by atoms with Gasteiger partial charge in [0.1, 0.15) is 5.82 Å². The molecule has 3 rings (SSSR count). The lowest BCUT2D eigenvalue weighted by atomic mass is 10.1. The minimum absolute atomic E-state index is 0.00678. The maximum atomic E-state index is 13.1. The molecule has 1 aromatic carbocycles. The van der Waals surface area contributed by atoms with Crippen LogP contribution in [0.4, 0.5) is 4.39 Å². The van der Waals surface area contributed by atoms with Crippen molar-refractivity contribution >= 4 is 17.5 Å². The molecule has 4 nitrogen and oxygen atoms in total. The van der Waals surface area contributed by atoms with Crippen molar-refractivity contribution in [3.8, 4) is 0 Å². The fraction of sp³-hybridized carbons (Fsp3) is 0.333. The lowest BCUT2D eigenvalue weighted by Gasteiger charge is -2.24. The van der Waals surface area contributed by atoms with Crippen molar-refractivity contribution < 1.29 is 9.18 Å². The zero-order valence-corrected chi connectivity index (χ0v) is 12.3. The van der Waals surface area contributed by atoms with Crippen LogP contribution in [-0.2, 0) is 7.05 Å². The number of benzene rings is 1. The fourth-order valence-corrected chi connectivity index (χ4v) is 3.03. The molecule has 1 amide bonds. The molecule has 6 heteroatoms. The molecule has 1 aromatic heterocycles. The van der Waals surface area contributed by atoms with Crippen molar-refractivity contribution in [3.63, 3.8) is 0 Å². The molecule has 2 heterocycles. The van der Waals surface area contributed by atoms with Crippen LogP contribution in [0, 0.1) is 5.82 Å². The number of carbonyl (C=O) groups is 1. The molecule has 1 fully saturated rings. The van der Waals surface area contributed by atoms with E-state index in [4.69, 9.17) is 11.6 Å². The van der Waals surface area contributed by atoms with E-state index in [0.29, 0.717) is 12.1 Å². The van der Waals surface area contributed by atoms with E-state index in [0.717, 1.165) is 18.4 Å². The SMILES string of the molecule is Cn1cc([C@@H]2CCCN2C(=O)c2ccc(F)cc2Cl)cn1. The molecule has 0 bridgehead atoms. The average molecular weight is 308 g/mol. The molecule has 1 aliphatic rings. The van der Waals surface area contributed by atoms with Gasteiger partial charge in [0.25, 0.3) is 5.91 Å². The second-order valence-electron chi connectivity index (χ2n) is 5.23. The van der Waals surface area contributed by atoms with E-state index in [1.54, 1.807) is 15.8 Å². The first-order valence-corrected chi connectivity index (χ1v) is 7.18. The minimum Gasteiger partial charge on any atom is -0.331 e. The van der Waals surface area contributed by atoms with Crippen molar-refractivity contribution in [2.75, 3.05) is 6.54 Å². The molecule has 0 spiro atoms. The Labute approximate surface area is 127 Å². The number of amides is 1. The number of hydrogen-bond donors (Lipinski definition) is 0. The average Bonchev–Trinajstić information content (AvgIpc) is 3.06. The van der Waals surface area contributed by atoms with Gasteiger partial charge in [-0.25, -0.2) is 4.39 Å². The summed E-state index contributed by atoms with van der Waals surface area (Å²) in [5, 5.41) is 4.31. The molecule has 0 radical (unpaired) electrons. The number of aryl methyl sites for hydroxylation is 1. The van der Waals surface area contributed by atoms with Crippen molar-refractivity contribution in [3.05, 3.63) is 52.6 Å². The number of aromatic nitrogens is 2. The molecule has 0 saturated carbocycles. The van der Waals surface area contributed by atoms with E-state index in [9.17, 15) is 9.18 Å². The lowest BCUT2D eigenvalue weighted by Crippen LogP contribution is -2.30. The molecule has 1 aliphatic heterocycles. The van der Waals surface area contributed by atoms with Gasteiger partial charge in [-0.15, -0.1) is 0 Å². The summed E-state index contributed by atoms with van der Waals surface area (Å²) in [5.41, 5.74) is 1.36. The summed E-state index contributed by atoms with van der Waals surface area (Å²) in [6.45, 7) is 0.673. The second-order valence-corrected chi connectivity index (χ2v) is 5.64. The normalized spacial score (nSPS) is 18.2. The number of hydrogen-bond acceptors (Lipinski definition) is 2. The second kappa shape index (κ2) is 5.48. The predicted molar refractivity (Wildman–Crippen MR) is 77.6 cm³/mol. The smallest absolute Gasteiger partial charge is 0.255 e. The van der Waals surface area contributed by atoms with Gasteiger partial charge in [-0.1, -0.05) is 11.6 Å². The first-order chi connectivity index (χ1) is 10.1. The van der Waals surface area contributed by atoms with E-state index in [1.807, 2.05) is 13.2 Å². The van der Waals surface area contributed by atoms with Gasteiger partial charge >= 0.3 is 0 Å². The molecule has 0 aliphatic carbocycles. The van der Waals surface area contributed by atoms with E-state index >= 15 is 0 Å². The number of likely N-dealkylation sites (tertiary alicyclic amines) is 1. The first-order valence-electron chi connectivity index (χ1n) is 6.81. The van der Waals surface area contributed by atoms with Gasteiger partial charge < -0.3 is 4.90 Å². The van der Waals surface area contributed by atoms with Crippen LogP contribution in [0.15, 0.2) is 30.6 Å². The Morgan fingerprint density at radius 3 is 2.95 bits per heavy atom. The predicted octanol–water partition coefficient (Wildman–Crippen LogP) is 3.19. The van der Waals surface area contributed by atoms with Crippen molar-refractivity contribution in [2.45, 2.75) is 18.9 Å². The number of halogens is 2. The van der Waals surface area contributed by atoms with E-state index in [-0.39, 0.29) is 17.0 Å². The van der Waals surface area contributed by atoms with Crippen molar-refractivity contribution in [1.82, 2.24) is 14.7 Å². The quantitative estimate of drug-likeness (QED) is 0.854. The van der Waals surface area contributed by atoms with Gasteiger partial charge in [-0.05, 0) is 31.0 Å². The third-order valence-electron chi connectivity index (χ3n) is 3.78. The van der Waals surface area contributed by atoms with Crippen LogP contribution in [0.3, 0.4) is 0 Å². The Bertz CT molecular complexity index is 685. The zero-order chi connectivity index (χ0) is 15.0. The first kappa shape index (κ1) is 14.1. The summed E-state index contributed by atoms with van der Waals surface area (Å²) in [7, 11) is 1.85. The summed E-state index contributed by atoms with van der Waals surface area (Å²) in [6, 6.07) is 3.88. The third kappa shape index (κ3) is 2.65. The van der Waals surface area contributed by atoms with Gasteiger partial charge in [0.05, 0.1) is 22.8 Å². The number of carbonyl (C=O) groups excluding carboxylic acids is 1. The maximum Gasteiger partial charge on any atom is 0.255 e. The van der Waals surface area contributed by atoms with Gasteiger partial charge in [0.2, 0.25) is 0 Å². The molecule has 0 N–H and O–H groups in total. The van der Waals surface area contributed by atoms with Crippen LogP contribution >= 0.6 is 11.6 Å². The maximum absolute atomic E-state index is 13.1. The largest absolute Gasteiger partial charge is 0.331 e. The van der Waals surface area contributed by atoms with Gasteiger partial charge in [-0.2, -0.15) is 5.10 Å². The molecule has 0 unspecified atom stereocenters. The summed E-state index contributed by atoms with van der Waals surface area (Å²) in [6.07, 6.45) is 5.53. The van der Waals surface area contributed by atoms with Crippen LogP contribution in [-0.4, -0.2) is 27.1 Å². The van der Waals surface area contributed by atoms with E-state index < -0.39 is 5.82 Å². The highest BCUT2D eigenvalue weighted by atomic mass is 35.5. The van der Waals surface area contributed by atoms with E-state index in [1.165, 1.54) is 18.2 Å². The van der Waals surface area contributed by atoms with Gasteiger partial charge in [0.15, 0.2) is 0 Å². The van der Waals surface area contributed by atoms with Crippen LogP contribution in [0.1, 0.15) is 34.8 Å². The van der Waals surface area contributed by atoms with Crippen LogP contribution in [0.2, 0.25) is 5.02 Å². The Hall–Kier alpha value is -1.88. The zero-order valence-electron chi connectivity index (χ0n) is 11.6. The summed E-state index contributed by atoms with van der Waals surface area (Å²) in [4.78, 5) is 14.4. The Morgan fingerprint density at radius 2 is 2.29 bits per heavy atom. The molecule has 2 aromatic rings. The monoisotopic (exact) mass is 307 g/mol. The van der Waals surface area contributed by atoms with Gasteiger partial charge in [0, 0.05) is 25.4 Å². The highest BCUT2D eigenvalue weighted by molar-refractivity contribution is 6.33. The van der Waals surface area contributed by atoms with Crippen LogP contribution in [0.25, 0.3) is 0 Å². The molecular formula is C15H15ClFN3O.